The number of likely N-dealkylation sites (tertiary alicyclic amines) is 1. The van der Waals surface area contributed by atoms with Crippen LogP contribution in [-0.4, -0.2) is 56.1 Å². The molecule has 120 valence electrons. The lowest BCUT2D eigenvalue weighted by Crippen LogP contribution is -2.53. The lowest BCUT2D eigenvalue weighted by Gasteiger charge is -2.45. The van der Waals surface area contributed by atoms with Crippen LogP contribution < -0.4 is 0 Å². The third-order valence-corrected chi connectivity index (χ3v) is 4.82. The summed E-state index contributed by atoms with van der Waals surface area (Å²) in [5.41, 5.74) is 1.38. The number of hydrogen-bond donors (Lipinski definition) is 3. The molecule has 0 aromatic carbocycles. The average Bonchev–Trinajstić information content (AvgIpc) is 2.94. The number of aliphatic hydroxyl groups is 2. The monoisotopic (exact) mass is 304 g/mol. The van der Waals surface area contributed by atoms with Crippen LogP contribution in [0.15, 0.2) is 18.3 Å². The number of piperidine rings is 1. The van der Waals surface area contributed by atoms with Gasteiger partial charge in [0.15, 0.2) is 5.65 Å². The van der Waals surface area contributed by atoms with E-state index >= 15 is 0 Å². The molecule has 0 saturated carbocycles. The van der Waals surface area contributed by atoms with Crippen LogP contribution in [0.2, 0.25) is 0 Å². The van der Waals surface area contributed by atoms with Gasteiger partial charge in [0.05, 0.1) is 18.4 Å². The third-order valence-electron chi connectivity index (χ3n) is 4.82. The zero-order valence-electron chi connectivity index (χ0n) is 13.0. The first-order chi connectivity index (χ1) is 10.7. The Labute approximate surface area is 130 Å². The molecule has 1 saturated heterocycles. The lowest BCUT2D eigenvalue weighted by molar-refractivity contribution is -0.0821. The van der Waals surface area contributed by atoms with Gasteiger partial charge in [-0.25, -0.2) is 4.98 Å². The summed E-state index contributed by atoms with van der Waals surface area (Å²) in [4.78, 5) is 6.53. The molecule has 0 radical (unpaired) electrons. The van der Waals surface area contributed by atoms with Gasteiger partial charge in [0, 0.05) is 36.6 Å². The molecule has 6 nitrogen and oxygen atoms in total. The zero-order valence-corrected chi connectivity index (χ0v) is 13.0. The van der Waals surface area contributed by atoms with Gasteiger partial charge in [-0.15, -0.1) is 0 Å². The summed E-state index contributed by atoms with van der Waals surface area (Å²) >= 11 is 0. The second kappa shape index (κ2) is 6.32. The highest BCUT2D eigenvalue weighted by molar-refractivity contribution is 5.77. The number of nitrogens with zero attached hydrogens (tertiary/aromatic N) is 3. The molecule has 2 aromatic heterocycles. The molecule has 0 spiro atoms. The van der Waals surface area contributed by atoms with Crippen LogP contribution in [-0.2, 0) is 6.54 Å². The Balaban J connectivity index is 1.78. The summed E-state index contributed by atoms with van der Waals surface area (Å²) in [5.74, 6) is 0. The summed E-state index contributed by atoms with van der Waals surface area (Å²) in [6, 6.07) is 3.93. The first-order valence-electron chi connectivity index (χ1n) is 7.98. The molecule has 1 fully saturated rings. The maximum Gasteiger partial charge on any atom is 0.181 e. The van der Waals surface area contributed by atoms with Gasteiger partial charge in [-0.05, 0) is 25.0 Å². The van der Waals surface area contributed by atoms with E-state index in [1.54, 1.807) is 6.20 Å². The Bertz CT molecular complexity index is 629. The van der Waals surface area contributed by atoms with E-state index in [4.69, 9.17) is 0 Å². The van der Waals surface area contributed by atoms with Crippen molar-refractivity contribution in [1.82, 2.24) is 20.1 Å². The van der Waals surface area contributed by atoms with Crippen molar-refractivity contribution in [2.75, 3.05) is 19.7 Å². The minimum absolute atomic E-state index is 0.0315. The van der Waals surface area contributed by atoms with Gasteiger partial charge in [0.25, 0.3) is 0 Å². The van der Waals surface area contributed by atoms with Crippen molar-refractivity contribution in [3.63, 3.8) is 0 Å². The summed E-state index contributed by atoms with van der Waals surface area (Å²) in [6.07, 6.45) is 3.82. The lowest BCUT2D eigenvalue weighted by atomic mass is 9.74. The third kappa shape index (κ3) is 2.74. The smallest absolute Gasteiger partial charge is 0.181 e. The molecule has 22 heavy (non-hydrogen) atoms. The summed E-state index contributed by atoms with van der Waals surface area (Å²) in [6.45, 7) is 4.40. The first-order valence-corrected chi connectivity index (χ1v) is 7.98. The van der Waals surface area contributed by atoms with Crippen molar-refractivity contribution in [3.8, 4) is 0 Å². The van der Waals surface area contributed by atoms with E-state index in [0.717, 1.165) is 42.7 Å². The molecule has 3 N–H and O–H groups in total. The molecule has 3 heterocycles. The van der Waals surface area contributed by atoms with Crippen LogP contribution in [0.4, 0.5) is 0 Å². The van der Waals surface area contributed by atoms with Crippen LogP contribution >= 0.6 is 0 Å². The van der Waals surface area contributed by atoms with Crippen molar-refractivity contribution >= 4 is 11.0 Å². The van der Waals surface area contributed by atoms with Gasteiger partial charge in [-0.3, -0.25) is 10.00 Å². The van der Waals surface area contributed by atoms with Crippen LogP contribution in [0.1, 0.15) is 31.9 Å². The molecule has 3 rings (SSSR count). The summed E-state index contributed by atoms with van der Waals surface area (Å²) in [5, 5.41) is 28.5. The van der Waals surface area contributed by atoms with E-state index in [1.165, 1.54) is 0 Å². The molecule has 2 aromatic rings. The summed E-state index contributed by atoms with van der Waals surface area (Å²) in [7, 11) is 0. The van der Waals surface area contributed by atoms with E-state index in [1.807, 2.05) is 12.1 Å². The summed E-state index contributed by atoms with van der Waals surface area (Å²) < 4.78 is 0. The van der Waals surface area contributed by atoms with E-state index in [-0.39, 0.29) is 6.61 Å². The van der Waals surface area contributed by atoms with E-state index < -0.39 is 11.5 Å². The molecule has 2 atom stereocenters. The Kier molecular flexibility index (Phi) is 4.42. The van der Waals surface area contributed by atoms with Crippen LogP contribution in [0, 0.1) is 5.41 Å². The van der Waals surface area contributed by atoms with Crippen molar-refractivity contribution in [1.29, 1.82) is 0 Å². The Morgan fingerprint density at radius 1 is 1.50 bits per heavy atom. The molecule has 1 aliphatic rings. The van der Waals surface area contributed by atoms with Crippen molar-refractivity contribution in [2.24, 2.45) is 5.41 Å². The topological polar surface area (TPSA) is 85.3 Å². The number of pyridine rings is 1. The second-order valence-electron chi connectivity index (χ2n) is 6.36. The fourth-order valence-electron chi connectivity index (χ4n) is 3.60. The number of aliphatic hydroxyl groups excluding tert-OH is 2. The van der Waals surface area contributed by atoms with Gasteiger partial charge in [-0.1, -0.05) is 13.3 Å². The maximum atomic E-state index is 10.3. The second-order valence-corrected chi connectivity index (χ2v) is 6.36. The van der Waals surface area contributed by atoms with Gasteiger partial charge in [0.1, 0.15) is 0 Å². The standard InChI is InChI=1S/C16H24N4O2/c1-2-6-16(11-21)10-20(8-5-14(16)22)9-13-12-4-3-7-17-15(12)19-18-13/h3-4,7,14,21-22H,2,5-6,8-11H2,1H3,(H,17,18,19)/t14-,16-/m0/s1. The molecule has 0 unspecified atom stereocenters. The Morgan fingerprint density at radius 3 is 3.14 bits per heavy atom. The van der Waals surface area contributed by atoms with Crippen molar-refractivity contribution in [3.05, 3.63) is 24.0 Å². The number of H-pyrrole nitrogens is 1. The fourth-order valence-corrected chi connectivity index (χ4v) is 3.60. The number of fused-ring (bicyclic) bond motifs is 1. The molecule has 0 bridgehead atoms. The van der Waals surface area contributed by atoms with Gasteiger partial charge in [-0.2, -0.15) is 5.10 Å². The predicted octanol–water partition coefficient (Wildman–Crippen LogP) is 1.30. The maximum absolute atomic E-state index is 10.3. The van der Waals surface area contributed by atoms with E-state index in [0.29, 0.717) is 13.0 Å². The molecular formula is C16H24N4O2. The first kappa shape index (κ1) is 15.4. The molecule has 0 aliphatic carbocycles. The molecular weight excluding hydrogens is 280 g/mol. The van der Waals surface area contributed by atoms with Gasteiger partial charge in [0.2, 0.25) is 0 Å². The van der Waals surface area contributed by atoms with Crippen LogP contribution in [0.5, 0.6) is 0 Å². The van der Waals surface area contributed by atoms with E-state index in [9.17, 15) is 10.2 Å². The quantitative estimate of drug-likeness (QED) is 0.775. The highest BCUT2D eigenvalue weighted by atomic mass is 16.3. The number of hydrogen-bond acceptors (Lipinski definition) is 5. The van der Waals surface area contributed by atoms with Crippen LogP contribution in [0.25, 0.3) is 11.0 Å². The number of rotatable bonds is 5. The van der Waals surface area contributed by atoms with Gasteiger partial charge < -0.3 is 10.2 Å². The zero-order chi connectivity index (χ0) is 15.6. The van der Waals surface area contributed by atoms with E-state index in [2.05, 4.69) is 27.0 Å². The number of nitrogens with one attached hydrogen (secondary N) is 1. The van der Waals surface area contributed by atoms with Gasteiger partial charge >= 0.3 is 0 Å². The molecule has 6 heteroatoms. The Hall–Kier alpha value is -1.50. The minimum Gasteiger partial charge on any atom is -0.396 e. The normalized spacial score (nSPS) is 26.6. The molecule has 1 aliphatic heterocycles. The number of aromatic amines is 1. The average molecular weight is 304 g/mol. The SMILES string of the molecule is CCC[C@@]1(CO)CN(Cc2[nH]nc3ncccc23)CC[C@@H]1O. The van der Waals surface area contributed by atoms with Crippen molar-refractivity contribution < 1.29 is 10.2 Å². The Morgan fingerprint density at radius 2 is 2.36 bits per heavy atom. The molecule has 0 amide bonds. The highest BCUT2D eigenvalue weighted by Gasteiger charge is 2.41. The van der Waals surface area contributed by atoms with Crippen LogP contribution in [0.3, 0.4) is 0 Å². The highest BCUT2D eigenvalue weighted by Crippen LogP contribution is 2.35. The fraction of sp³-hybridized carbons (Fsp3) is 0.625. The van der Waals surface area contributed by atoms with Crippen molar-refractivity contribution in [2.45, 2.75) is 38.8 Å². The predicted molar refractivity (Wildman–Crippen MR) is 84.2 cm³/mol. The number of aromatic nitrogens is 3. The largest absolute Gasteiger partial charge is 0.396 e. The minimum atomic E-state index is -0.422.